The zero-order chi connectivity index (χ0) is 21.9. The third-order valence-corrected chi connectivity index (χ3v) is 7.62. The molecule has 1 aromatic carbocycles. The van der Waals surface area contributed by atoms with E-state index in [0.717, 1.165) is 12.0 Å². The summed E-state index contributed by atoms with van der Waals surface area (Å²) in [5.41, 5.74) is 2.28. The average molecular weight is 438 g/mol. The maximum absolute atomic E-state index is 13.0. The quantitative estimate of drug-likeness (QED) is 0.682. The molecule has 8 heteroatoms. The number of benzene rings is 1. The molecular formula is C22H35N3O4S. The zero-order valence-electron chi connectivity index (χ0n) is 18.6. The molecule has 7 nitrogen and oxygen atoms in total. The van der Waals surface area contributed by atoms with Crippen molar-refractivity contribution < 1.29 is 17.9 Å². The molecule has 2 atom stereocenters. The second-order valence-corrected chi connectivity index (χ2v) is 10.9. The van der Waals surface area contributed by atoms with E-state index >= 15 is 0 Å². The summed E-state index contributed by atoms with van der Waals surface area (Å²) in [7, 11) is -3.53. The van der Waals surface area contributed by atoms with E-state index in [9.17, 15) is 13.2 Å². The molecule has 1 aromatic rings. The van der Waals surface area contributed by atoms with Gasteiger partial charge < -0.3 is 9.64 Å². The Bertz CT molecular complexity index is 807. The number of carbonyl (C=O) groups is 1. The molecule has 0 N–H and O–H groups in total. The van der Waals surface area contributed by atoms with Crippen LogP contribution in [0.1, 0.15) is 38.8 Å². The van der Waals surface area contributed by atoms with Gasteiger partial charge in [0, 0.05) is 39.3 Å². The fourth-order valence-electron chi connectivity index (χ4n) is 4.20. The van der Waals surface area contributed by atoms with Gasteiger partial charge in [-0.05, 0) is 37.3 Å². The minimum absolute atomic E-state index is 0.0530. The summed E-state index contributed by atoms with van der Waals surface area (Å²) in [6.07, 6.45) is 1.16. The van der Waals surface area contributed by atoms with Crippen LogP contribution >= 0.6 is 0 Å². The lowest BCUT2D eigenvalue weighted by atomic mass is 10.0. The van der Waals surface area contributed by atoms with Crippen LogP contribution in [0.15, 0.2) is 24.3 Å². The monoisotopic (exact) mass is 437 g/mol. The molecule has 0 spiro atoms. The predicted octanol–water partition coefficient (Wildman–Crippen LogP) is 1.93. The first-order chi connectivity index (χ1) is 14.1. The van der Waals surface area contributed by atoms with Gasteiger partial charge in [0.2, 0.25) is 5.91 Å². The molecule has 0 bridgehead atoms. The number of ether oxygens (including phenoxy) is 1. The Morgan fingerprint density at radius 3 is 2.03 bits per heavy atom. The molecule has 0 aromatic heterocycles. The number of morpholine rings is 1. The lowest BCUT2D eigenvalue weighted by Gasteiger charge is -2.40. The Morgan fingerprint density at radius 1 is 0.967 bits per heavy atom. The Hall–Kier alpha value is -1.48. The zero-order valence-corrected chi connectivity index (χ0v) is 19.4. The topological polar surface area (TPSA) is 70.2 Å². The van der Waals surface area contributed by atoms with E-state index in [-0.39, 0.29) is 18.1 Å². The molecule has 2 aliphatic heterocycles. The minimum atomic E-state index is -3.53. The number of hydrogen-bond acceptors (Lipinski definition) is 4. The van der Waals surface area contributed by atoms with Gasteiger partial charge >= 0.3 is 0 Å². The first kappa shape index (κ1) is 23.2. The number of rotatable bonds is 6. The molecule has 2 fully saturated rings. The molecule has 2 heterocycles. The van der Waals surface area contributed by atoms with E-state index in [1.807, 2.05) is 26.0 Å². The van der Waals surface area contributed by atoms with Gasteiger partial charge in [0.25, 0.3) is 10.2 Å². The largest absolute Gasteiger partial charge is 0.373 e. The molecule has 168 valence electrons. The van der Waals surface area contributed by atoms with Gasteiger partial charge in [0.1, 0.15) is 0 Å². The highest BCUT2D eigenvalue weighted by molar-refractivity contribution is 7.86. The van der Waals surface area contributed by atoms with Crippen LogP contribution in [-0.2, 0) is 32.6 Å². The molecule has 0 aliphatic carbocycles. The molecule has 1 amide bonds. The Kier molecular flexibility index (Phi) is 7.55. The van der Waals surface area contributed by atoms with Crippen LogP contribution in [0.2, 0.25) is 0 Å². The van der Waals surface area contributed by atoms with Crippen LogP contribution in [0.3, 0.4) is 0 Å². The Labute approximate surface area is 181 Å². The fraction of sp³-hybridized carbons (Fsp3) is 0.682. The van der Waals surface area contributed by atoms with Crippen molar-refractivity contribution in [2.75, 3.05) is 39.3 Å². The van der Waals surface area contributed by atoms with E-state index in [4.69, 9.17) is 4.74 Å². The maximum atomic E-state index is 13.0. The standard InChI is InChI=1S/C22H35N3O4S/c1-17(2)13-20-5-7-21(8-6-20)14-22(26)23-9-11-24(12-10-23)30(27,28)25-15-18(3)29-19(4)16-25/h5-8,17-19H,9-16H2,1-4H3. The van der Waals surface area contributed by atoms with Crippen LogP contribution in [-0.4, -0.2) is 79.3 Å². The molecule has 2 unspecified atom stereocenters. The van der Waals surface area contributed by atoms with Gasteiger partial charge in [-0.3, -0.25) is 4.79 Å². The van der Waals surface area contributed by atoms with Crippen molar-refractivity contribution in [1.29, 1.82) is 0 Å². The van der Waals surface area contributed by atoms with Crippen LogP contribution < -0.4 is 0 Å². The van der Waals surface area contributed by atoms with Gasteiger partial charge in [-0.1, -0.05) is 38.1 Å². The van der Waals surface area contributed by atoms with E-state index in [1.54, 1.807) is 4.90 Å². The van der Waals surface area contributed by atoms with Gasteiger partial charge in [-0.25, -0.2) is 0 Å². The lowest BCUT2D eigenvalue weighted by molar-refractivity contribution is -0.131. The van der Waals surface area contributed by atoms with E-state index in [1.165, 1.54) is 14.2 Å². The van der Waals surface area contributed by atoms with Crippen molar-refractivity contribution in [1.82, 2.24) is 13.5 Å². The average Bonchev–Trinajstić information content (AvgIpc) is 2.68. The lowest BCUT2D eigenvalue weighted by Crippen LogP contribution is -2.57. The van der Waals surface area contributed by atoms with Gasteiger partial charge in [0.05, 0.1) is 18.6 Å². The number of hydrogen-bond donors (Lipinski definition) is 0. The second kappa shape index (κ2) is 9.77. The van der Waals surface area contributed by atoms with Gasteiger partial charge in [-0.2, -0.15) is 17.0 Å². The predicted molar refractivity (Wildman–Crippen MR) is 117 cm³/mol. The summed E-state index contributed by atoms with van der Waals surface area (Å²) in [5.74, 6) is 0.659. The molecule has 3 rings (SSSR count). The summed E-state index contributed by atoms with van der Waals surface area (Å²) in [6, 6.07) is 8.24. The minimum Gasteiger partial charge on any atom is -0.373 e. The smallest absolute Gasteiger partial charge is 0.282 e. The normalized spacial score (nSPS) is 24.4. The summed E-state index contributed by atoms with van der Waals surface area (Å²) in [5, 5.41) is 0. The number of nitrogens with zero attached hydrogens (tertiary/aromatic N) is 3. The van der Waals surface area contributed by atoms with Crippen LogP contribution in [0.4, 0.5) is 0 Å². The molecule has 0 saturated carbocycles. The number of piperazine rings is 1. The van der Waals surface area contributed by atoms with E-state index in [0.29, 0.717) is 51.6 Å². The van der Waals surface area contributed by atoms with Crippen molar-refractivity contribution in [3.05, 3.63) is 35.4 Å². The highest BCUT2D eigenvalue weighted by atomic mass is 32.2. The van der Waals surface area contributed by atoms with Crippen molar-refractivity contribution in [3.63, 3.8) is 0 Å². The Morgan fingerprint density at radius 2 is 1.50 bits per heavy atom. The summed E-state index contributed by atoms with van der Waals surface area (Å²) in [4.78, 5) is 14.5. The highest BCUT2D eigenvalue weighted by Crippen LogP contribution is 2.19. The third-order valence-electron chi connectivity index (χ3n) is 5.65. The molecule has 2 aliphatic rings. The van der Waals surface area contributed by atoms with Crippen LogP contribution in [0, 0.1) is 5.92 Å². The molecular weight excluding hydrogens is 402 g/mol. The number of amides is 1. The third kappa shape index (κ3) is 5.81. The summed E-state index contributed by atoms with van der Waals surface area (Å²) >= 11 is 0. The van der Waals surface area contributed by atoms with Crippen molar-refractivity contribution in [2.24, 2.45) is 5.92 Å². The molecule has 2 saturated heterocycles. The van der Waals surface area contributed by atoms with Crippen LogP contribution in [0.5, 0.6) is 0 Å². The SMILES string of the molecule is CC(C)Cc1ccc(CC(=O)N2CCN(S(=O)(=O)N3CC(C)OC(C)C3)CC2)cc1. The van der Waals surface area contributed by atoms with Crippen LogP contribution in [0.25, 0.3) is 0 Å². The highest BCUT2D eigenvalue weighted by Gasteiger charge is 2.37. The van der Waals surface area contributed by atoms with E-state index < -0.39 is 10.2 Å². The van der Waals surface area contributed by atoms with Crippen molar-refractivity contribution in [3.8, 4) is 0 Å². The summed E-state index contributed by atoms with van der Waals surface area (Å²) in [6.45, 7) is 10.4. The molecule has 30 heavy (non-hydrogen) atoms. The first-order valence-electron chi connectivity index (χ1n) is 10.9. The summed E-state index contributed by atoms with van der Waals surface area (Å²) < 4.78 is 34.7. The van der Waals surface area contributed by atoms with Crippen molar-refractivity contribution in [2.45, 2.75) is 52.7 Å². The van der Waals surface area contributed by atoms with Crippen molar-refractivity contribution >= 4 is 16.1 Å². The molecule has 0 radical (unpaired) electrons. The second-order valence-electron chi connectivity index (χ2n) is 8.95. The van der Waals surface area contributed by atoms with Gasteiger partial charge in [0.15, 0.2) is 0 Å². The maximum Gasteiger partial charge on any atom is 0.282 e. The number of carbonyl (C=O) groups excluding carboxylic acids is 1. The van der Waals surface area contributed by atoms with E-state index in [2.05, 4.69) is 26.0 Å². The fourth-order valence-corrected chi connectivity index (χ4v) is 5.95. The Balaban J connectivity index is 1.52. The van der Waals surface area contributed by atoms with Gasteiger partial charge in [-0.15, -0.1) is 0 Å². The first-order valence-corrected chi connectivity index (χ1v) is 12.3.